The molecule has 0 atom stereocenters. The molecule has 1 heterocycles. The maximum Gasteiger partial charge on any atom is 0.336 e. The molecule has 0 aliphatic carbocycles. The summed E-state index contributed by atoms with van der Waals surface area (Å²) >= 11 is 0. The van der Waals surface area contributed by atoms with Crippen molar-refractivity contribution in [2.24, 2.45) is 0 Å². The van der Waals surface area contributed by atoms with E-state index in [4.69, 9.17) is 14.2 Å². The molecule has 7 nitrogen and oxygen atoms in total. The van der Waals surface area contributed by atoms with E-state index in [1.807, 2.05) is 39.8 Å². The van der Waals surface area contributed by atoms with Crippen LogP contribution in [0.4, 0.5) is 0 Å². The number of hydrogen-bond acceptors (Lipinski definition) is 7. The third-order valence-electron chi connectivity index (χ3n) is 6.07. The number of esters is 2. The number of allylic oxidation sites excluding steroid dienone is 2. The summed E-state index contributed by atoms with van der Waals surface area (Å²) in [7, 11) is 2.63. The van der Waals surface area contributed by atoms with Crippen molar-refractivity contribution >= 4 is 11.9 Å². The van der Waals surface area contributed by atoms with Crippen molar-refractivity contribution in [3.63, 3.8) is 0 Å². The average Bonchev–Trinajstić information content (AvgIpc) is 2.78. The van der Waals surface area contributed by atoms with Crippen LogP contribution in [0.2, 0.25) is 0 Å². The number of ether oxygens (including phenoxy) is 3. The Morgan fingerprint density at radius 1 is 0.765 bits per heavy atom. The summed E-state index contributed by atoms with van der Waals surface area (Å²) < 4.78 is 16.3. The zero-order valence-electron chi connectivity index (χ0n) is 20.9. The second kappa shape index (κ2) is 9.63. The fraction of sp³-hybridized carbons (Fsp3) is 0.333. The molecule has 34 heavy (non-hydrogen) atoms. The van der Waals surface area contributed by atoms with Crippen LogP contribution in [-0.4, -0.2) is 31.3 Å². The molecule has 0 saturated carbocycles. The molecule has 1 aliphatic rings. The van der Waals surface area contributed by atoms with Crippen LogP contribution in [0.25, 0.3) is 0 Å². The number of dihydropyridines is 1. The minimum atomic E-state index is -0.661. The smallest absolute Gasteiger partial charge is 0.336 e. The highest BCUT2D eigenvalue weighted by molar-refractivity contribution is 5.99. The predicted octanol–water partition coefficient (Wildman–Crippen LogP) is 5.00. The van der Waals surface area contributed by atoms with Gasteiger partial charge in [0.1, 0.15) is 17.2 Å². The molecule has 0 saturated heterocycles. The fourth-order valence-electron chi connectivity index (χ4n) is 4.49. The molecule has 0 bridgehead atoms. The highest BCUT2D eigenvalue weighted by atomic mass is 16.5. The number of aryl methyl sites for hydroxylation is 4. The second-order valence-corrected chi connectivity index (χ2v) is 8.61. The molecule has 3 rings (SSSR count). The molecule has 180 valence electrons. The first kappa shape index (κ1) is 24.9. The summed E-state index contributed by atoms with van der Waals surface area (Å²) in [6.07, 6.45) is 0. The van der Waals surface area contributed by atoms with Gasteiger partial charge in [0.2, 0.25) is 0 Å². The summed E-state index contributed by atoms with van der Waals surface area (Å²) in [4.78, 5) is 25.5. The van der Waals surface area contributed by atoms with E-state index in [1.54, 1.807) is 26.0 Å². The van der Waals surface area contributed by atoms with Gasteiger partial charge >= 0.3 is 11.9 Å². The van der Waals surface area contributed by atoms with Crippen LogP contribution in [0.1, 0.15) is 47.6 Å². The van der Waals surface area contributed by atoms with Crippen LogP contribution in [0.3, 0.4) is 0 Å². The lowest BCUT2D eigenvalue weighted by atomic mass is 9.79. The number of aromatic hydroxyl groups is 1. The topological polar surface area (TPSA) is 94.1 Å². The molecule has 0 amide bonds. The first-order chi connectivity index (χ1) is 16.0. The summed E-state index contributed by atoms with van der Waals surface area (Å²) in [5, 5.41) is 13.2. The quantitative estimate of drug-likeness (QED) is 0.600. The first-order valence-corrected chi connectivity index (χ1v) is 10.9. The third kappa shape index (κ3) is 4.51. The number of phenols is 1. The van der Waals surface area contributed by atoms with E-state index in [1.165, 1.54) is 14.2 Å². The maximum absolute atomic E-state index is 12.8. The molecule has 1 aliphatic heterocycles. The normalized spacial score (nSPS) is 14.1. The fourth-order valence-corrected chi connectivity index (χ4v) is 4.49. The van der Waals surface area contributed by atoms with Crippen LogP contribution in [-0.2, 0) is 19.1 Å². The predicted molar refractivity (Wildman–Crippen MR) is 129 cm³/mol. The monoisotopic (exact) mass is 465 g/mol. The van der Waals surface area contributed by atoms with Crippen molar-refractivity contribution in [3.05, 3.63) is 74.6 Å². The Morgan fingerprint density at radius 3 is 1.62 bits per heavy atom. The molecule has 2 aromatic carbocycles. The Balaban J connectivity index is 2.14. The van der Waals surface area contributed by atoms with Crippen LogP contribution in [0, 0.1) is 27.7 Å². The van der Waals surface area contributed by atoms with Gasteiger partial charge in [-0.3, -0.25) is 0 Å². The van der Waals surface area contributed by atoms with Gasteiger partial charge in [-0.2, -0.15) is 0 Å². The summed E-state index contributed by atoms with van der Waals surface area (Å²) in [5.74, 6) is -0.166. The lowest BCUT2D eigenvalue weighted by Gasteiger charge is -2.30. The van der Waals surface area contributed by atoms with Gasteiger partial charge in [0.25, 0.3) is 0 Å². The van der Waals surface area contributed by atoms with Crippen LogP contribution >= 0.6 is 0 Å². The molecule has 2 N–H and O–H groups in total. The Bertz CT molecular complexity index is 1150. The third-order valence-corrected chi connectivity index (χ3v) is 6.07. The van der Waals surface area contributed by atoms with Gasteiger partial charge in [0, 0.05) is 11.4 Å². The van der Waals surface area contributed by atoms with Crippen molar-refractivity contribution in [1.29, 1.82) is 0 Å². The first-order valence-electron chi connectivity index (χ1n) is 10.9. The van der Waals surface area contributed by atoms with Crippen LogP contribution in [0.5, 0.6) is 17.2 Å². The molecule has 0 spiro atoms. The molecule has 2 aromatic rings. The summed E-state index contributed by atoms with van der Waals surface area (Å²) in [6, 6.07) is 7.38. The number of rotatable bonds is 5. The Labute approximate surface area is 200 Å². The van der Waals surface area contributed by atoms with Gasteiger partial charge in [0.05, 0.1) is 31.3 Å². The lowest BCUT2D eigenvalue weighted by Crippen LogP contribution is -2.32. The van der Waals surface area contributed by atoms with E-state index < -0.39 is 17.9 Å². The number of carbonyl (C=O) groups is 2. The number of carbonyl (C=O) groups excluding carboxylic acids is 2. The van der Waals surface area contributed by atoms with Crippen molar-refractivity contribution in [2.45, 2.75) is 47.5 Å². The Kier molecular flexibility index (Phi) is 7.05. The molecule has 7 heteroatoms. The maximum atomic E-state index is 12.8. The van der Waals surface area contributed by atoms with Gasteiger partial charge in [-0.05, 0) is 81.5 Å². The zero-order chi connectivity index (χ0) is 25.3. The van der Waals surface area contributed by atoms with Crippen molar-refractivity contribution in [2.75, 3.05) is 14.2 Å². The van der Waals surface area contributed by atoms with E-state index in [9.17, 15) is 14.7 Å². The van der Waals surface area contributed by atoms with Gasteiger partial charge < -0.3 is 24.6 Å². The minimum Gasteiger partial charge on any atom is -0.507 e. The van der Waals surface area contributed by atoms with Crippen molar-refractivity contribution < 1.29 is 28.9 Å². The SMILES string of the molecule is COC(=O)C1=C(C)NC(C)=C(C(=O)OC)C1c1cc(C)c(Oc2cc(C)c(O)c(C)c2)c(C)c1. The number of nitrogens with one attached hydrogen (secondary N) is 1. The number of methoxy groups -OCH3 is 2. The van der Waals surface area contributed by atoms with E-state index >= 15 is 0 Å². The van der Waals surface area contributed by atoms with Crippen molar-refractivity contribution in [1.82, 2.24) is 5.32 Å². The zero-order valence-corrected chi connectivity index (χ0v) is 20.9. The van der Waals surface area contributed by atoms with Crippen LogP contribution < -0.4 is 10.1 Å². The van der Waals surface area contributed by atoms with Gasteiger partial charge in [-0.15, -0.1) is 0 Å². The van der Waals surface area contributed by atoms with Gasteiger partial charge in [-0.25, -0.2) is 9.59 Å². The van der Waals surface area contributed by atoms with Crippen molar-refractivity contribution in [3.8, 4) is 17.2 Å². The standard InChI is InChI=1S/C27H31NO6/c1-13-11-20(12-14(2)24(13)29)34-25-15(3)9-19(10-16(25)4)23-21(26(30)32-7)17(5)28-18(6)22(23)27(31)33-8/h9-12,23,28-29H,1-8H3. The molecule has 0 radical (unpaired) electrons. The van der Waals surface area contributed by atoms with Gasteiger partial charge in [0.15, 0.2) is 0 Å². The number of hydrogen-bond donors (Lipinski definition) is 2. The van der Waals surface area contributed by atoms with E-state index in [-0.39, 0.29) is 5.75 Å². The second-order valence-electron chi connectivity index (χ2n) is 8.61. The highest BCUT2D eigenvalue weighted by Gasteiger charge is 2.38. The van der Waals surface area contributed by atoms with E-state index in [2.05, 4.69) is 5.32 Å². The highest BCUT2D eigenvalue weighted by Crippen LogP contribution is 2.42. The molecular weight excluding hydrogens is 434 g/mol. The van der Waals surface area contributed by atoms with Crippen LogP contribution in [0.15, 0.2) is 46.8 Å². The van der Waals surface area contributed by atoms with E-state index in [0.717, 1.165) is 27.8 Å². The Morgan fingerprint density at radius 2 is 1.21 bits per heavy atom. The Hall–Kier alpha value is -3.74. The largest absolute Gasteiger partial charge is 0.507 e. The lowest BCUT2D eigenvalue weighted by molar-refractivity contribution is -0.137. The average molecular weight is 466 g/mol. The molecule has 0 aromatic heterocycles. The molecular formula is C27H31NO6. The number of benzene rings is 2. The minimum absolute atomic E-state index is 0.247. The van der Waals surface area contributed by atoms with Gasteiger partial charge in [-0.1, -0.05) is 12.1 Å². The molecule has 0 unspecified atom stereocenters. The molecule has 0 fully saturated rings. The summed E-state index contributed by atoms with van der Waals surface area (Å²) in [6.45, 7) is 11.0. The summed E-state index contributed by atoms with van der Waals surface area (Å²) in [5.41, 5.74) is 5.81. The van der Waals surface area contributed by atoms with E-state index in [0.29, 0.717) is 34.0 Å². The number of phenolic OH excluding ortho intramolecular Hbond substituents is 1.